The fourth-order valence-electron chi connectivity index (χ4n) is 28.2. The van der Waals surface area contributed by atoms with Crippen molar-refractivity contribution < 1.29 is 62.5 Å². The van der Waals surface area contributed by atoms with Crippen molar-refractivity contribution in [1.29, 1.82) is 0 Å². The first kappa shape index (κ1) is 107. The SMILES string of the molecule is C1=CC2C3C=CC=CC3C(CCC3C4C=CC=CC4C4C=CC=CC43)C2C=C1.CC(C)(C)C1=CC2C(C=C1)C1C=CC(C(C)(C)C)=CC1C2C(c1ccccc1)(c1ccccc1)C1CCCC1.CC1(C)CCC(C)(C)C2=CC3C(C=C21)C1C=C2C(=CC1C3CCC1C3C=CC=CC3C3C=CC=CC31)C(C)(C)CCC2(C)C.[CH3-].[CH3-].[CH3-].[CH3-].[CH3-].[CH3-].[Cl][Zr+2][Cl].[Cl][Zr+2][Cl].[Cl][Zr+2][Cl]. The summed E-state index contributed by atoms with van der Waals surface area (Å²) in [5.41, 5.74) is 14.3. The Morgan fingerprint density at radius 2 is 0.492 bits per heavy atom. The molecule has 0 saturated heterocycles. The minimum absolute atomic E-state index is 0. The molecule has 0 aliphatic heterocycles. The van der Waals surface area contributed by atoms with E-state index in [0.717, 1.165) is 47.3 Å². The summed E-state index contributed by atoms with van der Waals surface area (Å²) in [4.78, 5) is 0. The van der Waals surface area contributed by atoms with Crippen molar-refractivity contribution in [3.8, 4) is 0 Å². The maximum atomic E-state index is 4.93. The third-order valence-corrected chi connectivity index (χ3v) is 34.0. The third kappa shape index (κ3) is 21.2. The van der Waals surface area contributed by atoms with E-state index in [1.807, 2.05) is 0 Å². The molecule has 126 heavy (non-hydrogen) atoms. The van der Waals surface area contributed by atoms with Crippen molar-refractivity contribution in [2.24, 2.45) is 186 Å². The number of rotatable bonds is 10. The number of hydrogen-bond donors (Lipinski definition) is 0. The number of allylic oxidation sites excluding steroid dienone is 40. The number of halogens is 6. The zero-order valence-corrected chi connectivity index (χ0v) is 92.1. The average Bonchev–Trinajstić information content (AvgIpc) is 1.58. The van der Waals surface area contributed by atoms with Gasteiger partial charge in [0.05, 0.1) is 0 Å². The first-order chi connectivity index (χ1) is 57.6. The Bertz CT molecular complexity index is 4270. The molecule has 9 heteroatoms. The van der Waals surface area contributed by atoms with Gasteiger partial charge in [0, 0.05) is 5.41 Å². The van der Waals surface area contributed by atoms with Crippen LogP contribution in [0.15, 0.2) is 301 Å². The Hall–Kier alpha value is -2.37. The monoisotopic (exact) mass is 2040 g/mol. The molecule has 8 fully saturated rings. The molecule has 18 aliphatic rings. The number of benzene rings is 2. The zero-order chi connectivity index (χ0) is 84.8. The van der Waals surface area contributed by atoms with Gasteiger partial charge in [-0.1, -0.05) is 377 Å². The fourth-order valence-corrected chi connectivity index (χ4v) is 28.2. The molecule has 0 radical (unpaired) electrons. The van der Waals surface area contributed by atoms with E-state index in [1.54, 1.807) is 22.3 Å². The Morgan fingerprint density at radius 1 is 0.278 bits per heavy atom. The number of fused-ring (bicyclic) bond motifs is 17. The summed E-state index contributed by atoms with van der Waals surface area (Å²) in [5.74, 6) is 17.4. The molecule has 0 aromatic heterocycles. The molecule has 0 N–H and O–H groups in total. The second-order valence-electron chi connectivity index (χ2n) is 43.6. The molecule has 676 valence electrons. The molecule has 0 amide bonds. The van der Waals surface area contributed by atoms with Crippen LogP contribution in [0.4, 0.5) is 0 Å². The van der Waals surface area contributed by atoms with E-state index >= 15 is 0 Å². The van der Waals surface area contributed by atoms with Crippen LogP contribution in [0.5, 0.6) is 0 Å². The van der Waals surface area contributed by atoms with Gasteiger partial charge in [-0.25, -0.2) is 0 Å². The zero-order valence-electron chi connectivity index (χ0n) is 80.2. The van der Waals surface area contributed by atoms with Crippen LogP contribution in [0.1, 0.15) is 185 Å². The molecule has 2 aromatic rings. The quantitative estimate of drug-likeness (QED) is 0.208. The van der Waals surface area contributed by atoms with Gasteiger partial charge >= 0.3 is 114 Å². The van der Waals surface area contributed by atoms with E-state index in [4.69, 9.17) is 51.1 Å². The van der Waals surface area contributed by atoms with Gasteiger partial charge in [-0.3, -0.25) is 0 Å². The van der Waals surface area contributed by atoms with Gasteiger partial charge in [0.25, 0.3) is 0 Å². The Morgan fingerprint density at radius 3 is 0.730 bits per heavy atom. The van der Waals surface area contributed by atoms with E-state index in [-0.39, 0.29) is 82.5 Å². The van der Waals surface area contributed by atoms with Gasteiger partial charge in [-0.05, 0) is 295 Å². The van der Waals surface area contributed by atoms with Gasteiger partial charge < -0.3 is 44.6 Å². The molecule has 0 spiro atoms. The normalized spacial score (nSPS) is 35.5. The first-order valence-corrected chi connectivity index (χ1v) is 65.4. The first-order valence-electron chi connectivity index (χ1n) is 46.4. The summed E-state index contributed by atoms with van der Waals surface area (Å²) in [7, 11) is 29.6. The van der Waals surface area contributed by atoms with Gasteiger partial charge in [-0.2, -0.15) is 0 Å². The van der Waals surface area contributed by atoms with Crippen LogP contribution in [0.2, 0.25) is 0 Å². The fraction of sp³-hybridized carbons (Fsp3) is 0.504. The second-order valence-corrected chi connectivity index (χ2v) is 54.8. The van der Waals surface area contributed by atoms with Crippen molar-refractivity contribution in [2.45, 2.75) is 179 Å². The topological polar surface area (TPSA) is 0 Å². The summed E-state index contributed by atoms with van der Waals surface area (Å²) < 4.78 is 0. The second kappa shape index (κ2) is 45.1. The average molecular weight is 2050 g/mol. The maximum absolute atomic E-state index is 4.93. The molecule has 8 saturated carbocycles. The third-order valence-electron chi connectivity index (χ3n) is 34.0. The predicted octanol–water partition coefficient (Wildman–Crippen LogP) is 35.3. The van der Waals surface area contributed by atoms with Gasteiger partial charge in [0.2, 0.25) is 0 Å². The van der Waals surface area contributed by atoms with Gasteiger partial charge in [0.1, 0.15) is 0 Å². The van der Waals surface area contributed by atoms with E-state index in [9.17, 15) is 0 Å². The molecule has 20 rings (SSSR count). The summed E-state index contributed by atoms with van der Waals surface area (Å²) >= 11 is -2.48. The molecule has 18 aliphatic carbocycles. The van der Waals surface area contributed by atoms with Crippen LogP contribution in [-0.2, 0) is 68.0 Å². The number of hydrogen-bond acceptors (Lipinski definition) is 0. The van der Waals surface area contributed by atoms with E-state index in [1.165, 1.54) is 99.3 Å². The van der Waals surface area contributed by atoms with Crippen LogP contribution >= 0.6 is 51.1 Å². The predicted molar refractivity (Wildman–Crippen MR) is 544 cm³/mol. The summed E-state index contributed by atoms with van der Waals surface area (Å²) in [6.45, 7) is 34.6. The molecular formula is C117H154Cl6Zr3. The van der Waals surface area contributed by atoms with Crippen LogP contribution in [0.25, 0.3) is 0 Å². The molecule has 0 nitrogen and oxygen atoms in total. The van der Waals surface area contributed by atoms with Crippen molar-refractivity contribution in [1.82, 2.24) is 0 Å². The van der Waals surface area contributed by atoms with Crippen molar-refractivity contribution in [2.75, 3.05) is 0 Å². The van der Waals surface area contributed by atoms with E-state index < -0.39 is 62.5 Å². The Kier molecular flexibility index (Phi) is 38.4. The summed E-state index contributed by atoms with van der Waals surface area (Å²) in [6.07, 6.45) is 101. The van der Waals surface area contributed by atoms with Crippen LogP contribution < -0.4 is 0 Å². The Balaban J connectivity index is 0.000000203. The standard InChI is InChI=1S/C44H58.C39H48.C28H30.6CH3.6ClH.3Zr/c1-41(2)19-21-43(5,6)39-25-35-33(23-37(39)41)32(34-24-38-40(26-36(34)35)44(7,8)22-20-42(38,3)4)18-17-31-29-15-11-9-13-27(29)28-14-10-12-16-30(28)31;1-37(2,3)30-21-23-32-33-24-22-31(38(4,5)6)26-35(33)36(34(32)25-30)39(29-19-13-14-20-29,27-15-9-7-10-16-27)28-17-11-8-12-18-28;1-5-13-23-19(9-1)20-10-2-6-14-24(20)27(23)17-18-28-25-15-7-3-11-21(25)22-12-4-8-16-26(22)28;;;;;;;;;;;;;;;/h9-16,23-36H,17-22H2,1-8H3;7-12,15-18,21-26,29,32-36H,13-14,19-20H2,1-6H3;1-16,19-28H,17-18H2;6*1H3;6*1H;;;/q;;;6*-1;;;;;;;3*+4/p-6. The van der Waals surface area contributed by atoms with E-state index in [2.05, 4.69) is 364 Å². The molecule has 2 aromatic carbocycles. The molecule has 0 heterocycles. The Labute approximate surface area is 826 Å². The van der Waals surface area contributed by atoms with Gasteiger partial charge in [0.15, 0.2) is 0 Å². The van der Waals surface area contributed by atoms with Crippen molar-refractivity contribution >= 4 is 51.1 Å². The van der Waals surface area contributed by atoms with Crippen LogP contribution in [-0.4, -0.2) is 0 Å². The molecular weight excluding hydrogens is 1890 g/mol. The summed E-state index contributed by atoms with van der Waals surface area (Å²) in [5, 5.41) is 0. The van der Waals surface area contributed by atoms with Crippen molar-refractivity contribution in [3.05, 3.63) is 356 Å². The van der Waals surface area contributed by atoms with Gasteiger partial charge in [-0.15, -0.1) is 0 Å². The van der Waals surface area contributed by atoms with Crippen LogP contribution in [0.3, 0.4) is 0 Å². The minimum atomic E-state index is -0.826. The van der Waals surface area contributed by atoms with Crippen LogP contribution in [0, 0.1) is 231 Å². The molecule has 20 unspecified atom stereocenters. The molecule has 20 atom stereocenters. The van der Waals surface area contributed by atoms with E-state index in [0.29, 0.717) is 107 Å². The molecule has 0 bridgehead atoms. The van der Waals surface area contributed by atoms with Crippen molar-refractivity contribution in [3.63, 3.8) is 0 Å². The summed E-state index contributed by atoms with van der Waals surface area (Å²) in [6, 6.07) is 23.4.